The molecular formula is C17H13BrN3O4-. The molecule has 0 aromatic heterocycles. The van der Waals surface area contributed by atoms with Gasteiger partial charge >= 0.3 is 0 Å². The largest absolute Gasteiger partial charge is 0.545 e. The Morgan fingerprint density at radius 2 is 1.80 bits per heavy atom. The van der Waals surface area contributed by atoms with Crippen LogP contribution in [0, 0.1) is 0 Å². The minimum atomic E-state index is -1.27. The molecule has 0 heterocycles. The number of nitrogens with zero attached hydrogens (tertiary/aromatic N) is 1. The third-order valence-corrected chi connectivity index (χ3v) is 3.54. The lowest BCUT2D eigenvalue weighted by molar-refractivity contribution is -0.255. The van der Waals surface area contributed by atoms with Crippen molar-refractivity contribution in [3.8, 4) is 0 Å². The second-order valence-electron chi connectivity index (χ2n) is 4.90. The molecule has 2 rings (SSSR count). The molecule has 0 aliphatic carbocycles. The van der Waals surface area contributed by atoms with Crippen LogP contribution in [0.15, 0.2) is 58.1 Å². The first-order valence-electron chi connectivity index (χ1n) is 7.13. The lowest BCUT2D eigenvalue weighted by Crippen LogP contribution is -2.34. The van der Waals surface area contributed by atoms with Crippen LogP contribution in [0.2, 0.25) is 0 Å². The molecular weight excluding hydrogens is 390 g/mol. The maximum absolute atomic E-state index is 11.9. The van der Waals surface area contributed by atoms with Crippen molar-refractivity contribution in [1.29, 1.82) is 0 Å². The highest BCUT2D eigenvalue weighted by Gasteiger charge is 2.07. The lowest BCUT2D eigenvalue weighted by Gasteiger charge is -2.04. The van der Waals surface area contributed by atoms with Crippen LogP contribution in [0.25, 0.3) is 0 Å². The second-order valence-corrected chi connectivity index (χ2v) is 5.81. The Bertz CT molecular complexity index is 819. The number of carbonyl (C=O) groups excluding carboxylic acids is 3. The predicted molar refractivity (Wildman–Crippen MR) is 93.0 cm³/mol. The van der Waals surface area contributed by atoms with Crippen molar-refractivity contribution in [2.75, 3.05) is 6.54 Å². The fourth-order valence-corrected chi connectivity index (χ4v) is 2.22. The van der Waals surface area contributed by atoms with Gasteiger partial charge in [-0.1, -0.05) is 46.3 Å². The molecule has 7 nitrogen and oxygen atoms in total. The number of benzene rings is 2. The van der Waals surface area contributed by atoms with Gasteiger partial charge in [0.05, 0.1) is 18.7 Å². The van der Waals surface area contributed by atoms with Gasteiger partial charge in [0.1, 0.15) is 0 Å². The summed E-state index contributed by atoms with van der Waals surface area (Å²) in [5.41, 5.74) is 3.35. The molecule has 2 amide bonds. The van der Waals surface area contributed by atoms with Crippen molar-refractivity contribution in [2.24, 2.45) is 5.10 Å². The summed E-state index contributed by atoms with van der Waals surface area (Å²) in [6.07, 6.45) is 1.35. The van der Waals surface area contributed by atoms with Crippen molar-refractivity contribution in [1.82, 2.24) is 10.7 Å². The third kappa shape index (κ3) is 5.85. The number of hydrogen-bond donors (Lipinski definition) is 2. The molecule has 0 bridgehead atoms. The molecule has 128 valence electrons. The maximum atomic E-state index is 11.9. The fraction of sp³-hybridized carbons (Fsp3) is 0.0588. The summed E-state index contributed by atoms with van der Waals surface area (Å²) < 4.78 is 0.763. The number of amides is 2. The highest BCUT2D eigenvalue weighted by Crippen LogP contribution is 2.11. The Hall–Kier alpha value is -3.00. The van der Waals surface area contributed by atoms with Gasteiger partial charge in [-0.3, -0.25) is 9.59 Å². The van der Waals surface area contributed by atoms with E-state index in [1.165, 1.54) is 30.5 Å². The standard InChI is InChI=1S/C17H14BrN3O4/c18-14-3-1-2-13(8-14)16(23)19-10-15(22)21-20-9-11-4-6-12(7-5-11)17(24)25/h1-9H,10H2,(H,19,23)(H,21,22)(H,24,25)/p-1. The van der Waals surface area contributed by atoms with Crippen LogP contribution in [0.3, 0.4) is 0 Å². The van der Waals surface area contributed by atoms with Crippen molar-refractivity contribution in [3.05, 3.63) is 69.7 Å². The Labute approximate surface area is 151 Å². The first-order valence-corrected chi connectivity index (χ1v) is 7.92. The summed E-state index contributed by atoms with van der Waals surface area (Å²) in [7, 11) is 0. The zero-order valence-corrected chi connectivity index (χ0v) is 14.4. The summed E-state index contributed by atoms with van der Waals surface area (Å²) in [6.45, 7) is -0.230. The van der Waals surface area contributed by atoms with Gasteiger partial charge in [-0.15, -0.1) is 0 Å². The highest BCUT2D eigenvalue weighted by atomic mass is 79.9. The molecule has 2 aromatic carbocycles. The van der Waals surface area contributed by atoms with Gasteiger partial charge in [-0.25, -0.2) is 5.43 Å². The summed E-state index contributed by atoms with van der Waals surface area (Å²) in [4.78, 5) is 34.1. The minimum Gasteiger partial charge on any atom is -0.545 e. The Morgan fingerprint density at radius 1 is 1.08 bits per heavy atom. The number of hydrogen-bond acceptors (Lipinski definition) is 5. The Balaban J connectivity index is 1.80. The first-order chi connectivity index (χ1) is 12.0. The molecule has 0 aliphatic rings. The fourth-order valence-electron chi connectivity index (χ4n) is 1.82. The van der Waals surface area contributed by atoms with Gasteiger partial charge in [-0.2, -0.15) is 5.10 Å². The second kappa shape index (κ2) is 8.74. The molecule has 0 fully saturated rings. The number of hydrazone groups is 1. The van der Waals surface area contributed by atoms with E-state index in [2.05, 4.69) is 31.8 Å². The number of carboxylic acids is 1. The van der Waals surface area contributed by atoms with E-state index in [0.717, 1.165) is 4.47 Å². The van der Waals surface area contributed by atoms with E-state index in [4.69, 9.17) is 0 Å². The van der Waals surface area contributed by atoms with Gasteiger partial charge < -0.3 is 15.2 Å². The average Bonchev–Trinajstić information content (AvgIpc) is 2.60. The van der Waals surface area contributed by atoms with Crippen LogP contribution in [-0.4, -0.2) is 30.5 Å². The molecule has 0 radical (unpaired) electrons. The highest BCUT2D eigenvalue weighted by molar-refractivity contribution is 9.10. The summed E-state index contributed by atoms with van der Waals surface area (Å²) in [5, 5.41) is 16.8. The quantitative estimate of drug-likeness (QED) is 0.546. The van der Waals surface area contributed by atoms with Crippen LogP contribution >= 0.6 is 15.9 Å². The van der Waals surface area contributed by atoms with Gasteiger partial charge in [0, 0.05) is 10.0 Å². The molecule has 0 saturated heterocycles. The van der Waals surface area contributed by atoms with E-state index < -0.39 is 11.9 Å². The van der Waals surface area contributed by atoms with Crippen LogP contribution in [-0.2, 0) is 4.79 Å². The Morgan fingerprint density at radius 3 is 2.44 bits per heavy atom. The van der Waals surface area contributed by atoms with Gasteiger partial charge in [0.15, 0.2) is 0 Å². The van der Waals surface area contributed by atoms with Crippen LogP contribution in [0.1, 0.15) is 26.3 Å². The van der Waals surface area contributed by atoms with Gasteiger partial charge in [0.25, 0.3) is 11.8 Å². The average molecular weight is 403 g/mol. The van der Waals surface area contributed by atoms with E-state index in [-0.39, 0.29) is 18.0 Å². The van der Waals surface area contributed by atoms with E-state index in [0.29, 0.717) is 11.1 Å². The summed E-state index contributed by atoms with van der Waals surface area (Å²) >= 11 is 3.26. The van der Waals surface area contributed by atoms with E-state index in [9.17, 15) is 19.5 Å². The minimum absolute atomic E-state index is 0.0523. The van der Waals surface area contributed by atoms with Crippen molar-refractivity contribution in [2.45, 2.75) is 0 Å². The first kappa shape index (κ1) is 18.3. The van der Waals surface area contributed by atoms with Gasteiger partial charge in [-0.05, 0) is 29.3 Å². The van der Waals surface area contributed by atoms with Gasteiger partial charge in [0.2, 0.25) is 0 Å². The molecule has 2 aromatic rings. The molecule has 8 heteroatoms. The number of nitrogens with one attached hydrogen (secondary N) is 2. The number of rotatable bonds is 6. The molecule has 25 heavy (non-hydrogen) atoms. The molecule has 2 N–H and O–H groups in total. The van der Waals surface area contributed by atoms with Crippen LogP contribution in [0.5, 0.6) is 0 Å². The molecule has 0 unspecified atom stereocenters. The number of carboxylic acid groups (broad SMARTS) is 1. The topological polar surface area (TPSA) is 111 Å². The number of aromatic carboxylic acids is 1. The number of carbonyl (C=O) groups is 3. The molecule has 0 atom stereocenters. The Kier molecular flexibility index (Phi) is 6.41. The van der Waals surface area contributed by atoms with Crippen molar-refractivity contribution in [3.63, 3.8) is 0 Å². The zero-order chi connectivity index (χ0) is 18.2. The normalized spacial score (nSPS) is 10.4. The number of halogens is 1. The van der Waals surface area contributed by atoms with E-state index >= 15 is 0 Å². The van der Waals surface area contributed by atoms with E-state index in [1.54, 1.807) is 24.3 Å². The van der Waals surface area contributed by atoms with Crippen molar-refractivity contribution >= 4 is 39.9 Å². The lowest BCUT2D eigenvalue weighted by atomic mass is 10.1. The van der Waals surface area contributed by atoms with E-state index in [1.807, 2.05) is 0 Å². The van der Waals surface area contributed by atoms with Crippen LogP contribution in [0.4, 0.5) is 0 Å². The smallest absolute Gasteiger partial charge is 0.259 e. The zero-order valence-electron chi connectivity index (χ0n) is 12.9. The summed E-state index contributed by atoms with van der Waals surface area (Å²) in [6, 6.07) is 12.6. The SMILES string of the molecule is O=C(CNC(=O)c1cccc(Br)c1)NN=Cc1ccc(C(=O)[O-])cc1. The maximum Gasteiger partial charge on any atom is 0.259 e. The predicted octanol–water partition coefficient (Wildman–Crippen LogP) is 0.693. The monoisotopic (exact) mass is 402 g/mol. The molecule has 0 aliphatic heterocycles. The molecule has 0 spiro atoms. The summed E-state index contributed by atoms with van der Waals surface area (Å²) in [5.74, 6) is -2.14. The van der Waals surface area contributed by atoms with Crippen molar-refractivity contribution < 1.29 is 19.5 Å². The van der Waals surface area contributed by atoms with Crippen LogP contribution < -0.4 is 15.8 Å². The third-order valence-electron chi connectivity index (χ3n) is 3.05. The molecule has 0 saturated carbocycles.